The van der Waals surface area contributed by atoms with Gasteiger partial charge in [0.05, 0.1) is 13.1 Å². The number of hydrogen-bond donors (Lipinski definition) is 1. The van der Waals surface area contributed by atoms with E-state index in [4.69, 9.17) is 10.5 Å². The van der Waals surface area contributed by atoms with E-state index in [0.29, 0.717) is 13.2 Å². The van der Waals surface area contributed by atoms with Crippen molar-refractivity contribution in [3.05, 3.63) is 29.3 Å². The molecule has 0 atom stereocenters. The van der Waals surface area contributed by atoms with E-state index in [-0.39, 0.29) is 18.5 Å². The molecule has 1 amide bonds. The average molecular weight is 264 g/mol. The summed E-state index contributed by atoms with van der Waals surface area (Å²) < 4.78 is 5.76. The molecule has 106 valence electrons. The smallest absolute Gasteiger partial charge is 0.236 e. The highest BCUT2D eigenvalue weighted by molar-refractivity contribution is 5.78. The lowest BCUT2D eigenvalue weighted by atomic mass is 10.1. The SMILES string of the molecule is Cc1cccc(OCCN(C(=O)CN)C(C)C)c1C. The second-order valence-electron chi connectivity index (χ2n) is 4.93. The van der Waals surface area contributed by atoms with Gasteiger partial charge in [0, 0.05) is 6.04 Å². The summed E-state index contributed by atoms with van der Waals surface area (Å²) in [6.07, 6.45) is 0. The Morgan fingerprint density at radius 1 is 1.37 bits per heavy atom. The molecule has 0 fully saturated rings. The molecular formula is C15H24N2O2. The van der Waals surface area contributed by atoms with E-state index in [0.717, 1.165) is 11.3 Å². The van der Waals surface area contributed by atoms with Gasteiger partial charge in [-0.05, 0) is 44.9 Å². The second kappa shape index (κ2) is 7.14. The lowest BCUT2D eigenvalue weighted by Crippen LogP contribution is -2.43. The predicted molar refractivity (Wildman–Crippen MR) is 77.3 cm³/mol. The Hall–Kier alpha value is -1.55. The van der Waals surface area contributed by atoms with Gasteiger partial charge in [-0.25, -0.2) is 0 Å². The van der Waals surface area contributed by atoms with Crippen LogP contribution in [0.3, 0.4) is 0 Å². The topological polar surface area (TPSA) is 55.6 Å². The van der Waals surface area contributed by atoms with Gasteiger partial charge in [0.1, 0.15) is 12.4 Å². The molecule has 0 aliphatic carbocycles. The Morgan fingerprint density at radius 2 is 2.05 bits per heavy atom. The Labute approximate surface area is 115 Å². The summed E-state index contributed by atoms with van der Waals surface area (Å²) in [7, 11) is 0. The number of rotatable bonds is 6. The Kier molecular flexibility index (Phi) is 5.83. The number of nitrogens with two attached hydrogens (primary N) is 1. The number of ether oxygens (including phenoxy) is 1. The zero-order valence-electron chi connectivity index (χ0n) is 12.3. The highest BCUT2D eigenvalue weighted by Gasteiger charge is 2.15. The molecule has 4 heteroatoms. The third-order valence-electron chi connectivity index (χ3n) is 3.26. The zero-order chi connectivity index (χ0) is 14.4. The van der Waals surface area contributed by atoms with Gasteiger partial charge in [0.25, 0.3) is 0 Å². The minimum atomic E-state index is -0.0421. The van der Waals surface area contributed by atoms with Crippen molar-refractivity contribution in [2.45, 2.75) is 33.7 Å². The number of carbonyl (C=O) groups excluding carboxylic acids is 1. The van der Waals surface area contributed by atoms with Crippen molar-refractivity contribution in [3.63, 3.8) is 0 Å². The van der Waals surface area contributed by atoms with Gasteiger partial charge in [-0.2, -0.15) is 0 Å². The van der Waals surface area contributed by atoms with Crippen LogP contribution in [0.2, 0.25) is 0 Å². The van der Waals surface area contributed by atoms with Gasteiger partial charge in [-0.15, -0.1) is 0 Å². The van der Waals surface area contributed by atoms with Crippen molar-refractivity contribution in [3.8, 4) is 5.75 Å². The first kappa shape index (κ1) is 15.5. The van der Waals surface area contributed by atoms with Crippen LogP contribution in [0.5, 0.6) is 5.75 Å². The van der Waals surface area contributed by atoms with Crippen LogP contribution < -0.4 is 10.5 Å². The quantitative estimate of drug-likeness (QED) is 0.853. The summed E-state index contributed by atoms with van der Waals surface area (Å²) in [5.41, 5.74) is 7.75. The molecular weight excluding hydrogens is 240 g/mol. The molecule has 1 aromatic rings. The van der Waals surface area contributed by atoms with Gasteiger partial charge in [0.2, 0.25) is 5.91 Å². The maximum absolute atomic E-state index is 11.7. The van der Waals surface area contributed by atoms with Gasteiger partial charge in [-0.3, -0.25) is 4.79 Å². The maximum atomic E-state index is 11.7. The highest BCUT2D eigenvalue weighted by Crippen LogP contribution is 2.20. The van der Waals surface area contributed by atoms with E-state index < -0.39 is 0 Å². The maximum Gasteiger partial charge on any atom is 0.236 e. The Bertz CT molecular complexity index is 430. The number of aryl methyl sites for hydroxylation is 1. The first-order chi connectivity index (χ1) is 8.97. The first-order valence-electron chi connectivity index (χ1n) is 6.66. The second-order valence-corrected chi connectivity index (χ2v) is 4.93. The van der Waals surface area contributed by atoms with Crippen molar-refractivity contribution in [2.24, 2.45) is 5.73 Å². The van der Waals surface area contributed by atoms with Gasteiger partial charge in [-0.1, -0.05) is 12.1 Å². The number of carbonyl (C=O) groups is 1. The lowest BCUT2D eigenvalue weighted by Gasteiger charge is -2.26. The van der Waals surface area contributed by atoms with E-state index in [1.54, 1.807) is 4.90 Å². The fourth-order valence-electron chi connectivity index (χ4n) is 1.92. The van der Waals surface area contributed by atoms with E-state index in [1.807, 2.05) is 32.9 Å². The number of hydrogen-bond acceptors (Lipinski definition) is 3. The molecule has 19 heavy (non-hydrogen) atoms. The molecule has 1 aromatic carbocycles. The molecule has 0 aromatic heterocycles. The molecule has 0 saturated heterocycles. The summed E-state index contributed by atoms with van der Waals surface area (Å²) in [5, 5.41) is 0. The van der Waals surface area contributed by atoms with Crippen LogP contribution in [-0.4, -0.2) is 36.5 Å². The van der Waals surface area contributed by atoms with Crippen LogP contribution in [0.15, 0.2) is 18.2 Å². The Balaban J connectivity index is 2.57. The van der Waals surface area contributed by atoms with Crippen LogP contribution in [0.4, 0.5) is 0 Å². The van der Waals surface area contributed by atoms with E-state index in [9.17, 15) is 4.79 Å². The standard InChI is InChI=1S/C15H24N2O2/c1-11(2)17(15(18)10-16)8-9-19-14-7-5-6-12(3)13(14)4/h5-7,11H,8-10,16H2,1-4H3. The molecule has 0 heterocycles. The third-order valence-corrected chi connectivity index (χ3v) is 3.26. The predicted octanol–water partition coefficient (Wildman–Crippen LogP) is 1.88. The monoisotopic (exact) mass is 264 g/mol. The molecule has 0 saturated carbocycles. The Morgan fingerprint density at radius 3 is 2.63 bits per heavy atom. The molecule has 0 bridgehead atoms. The molecule has 0 aliphatic heterocycles. The number of amides is 1. The zero-order valence-corrected chi connectivity index (χ0v) is 12.3. The van der Waals surface area contributed by atoms with Crippen molar-refractivity contribution < 1.29 is 9.53 Å². The molecule has 0 unspecified atom stereocenters. The summed E-state index contributed by atoms with van der Waals surface area (Å²) in [6, 6.07) is 6.12. The first-order valence-corrected chi connectivity index (χ1v) is 6.66. The van der Waals surface area contributed by atoms with Gasteiger partial charge < -0.3 is 15.4 Å². The van der Waals surface area contributed by atoms with Crippen molar-refractivity contribution in [2.75, 3.05) is 19.7 Å². The molecule has 0 radical (unpaired) electrons. The van der Waals surface area contributed by atoms with Crippen LogP contribution in [-0.2, 0) is 4.79 Å². The van der Waals surface area contributed by atoms with Crippen LogP contribution in [0.25, 0.3) is 0 Å². The molecule has 0 aliphatic rings. The normalized spacial score (nSPS) is 10.6. The van der Waals surface area contributed by atoms with Crippen molar-refractivity contribution in [1.82, 2.24) is 4.90 Å². The number of benzene rings is 1. The van der Waals surface area contributed by atoms with E-state index >= 15 is 0 Å². The molecule has 4 nitrogen and oxygen atoms in total. The summed E-state index contributed by atoms with van der Waals surface area (Å²) >= 11 is 0. The lowest BCUT2D eigenvalue weighted by molar-refractivity contribution is -0.131. The van der Waals surface area contributed by atoms with Gasteiger partial charge >= 0.3 is 0 Å². The van der Waals surface area contributed by atoms with E-state index in [2.05, 4.69) is 13.0 Å². The molecule has 0 spiro atoms. The number of nitrogens with zero attached hydrogens (tertiary/aromatic N) is 1. The largest absolute Gasteiger partial charge is 0.491 e. The third kappa shape index (κ3) is 4.24. The average Bonchev–Trinajstić information content (AvgIpc) is 2.38. The highest BCUT2D eigenvalue weighted by atomic mass is 16.5. The minimum Gasteiger partial charge on any atom is -0.491 e. The van der Waals surface area contributed by atoms with Crippen molar-refractivity contribution in [1.29, 1.82) is 0 Å². The minimum absolute atomic E-state index is 0.0421. The van der Waals surface area contributed by atoms with Crippen LogP contribution >= 0.6 is 0 Å². The summed E-state index contributed by atoms with van der Waals surface area (Å²) in [5.74, 6) is 0.837. The van der Waals surface area contributed by atoms with E-state index in [1.165, 1.54) is 5.56 Å². The summed E-state index contributed by atoms with van der Waals surface area (Å²) in [4.78, 5) is 13.4. The molecule has 1 rings (SSSR count). The van der Waals surface area contributed by atoms with Crippen LogP contribution in [0.1, 0.15) is 25.0 Å². The summed E-state index contributed by atoms with van der Waals surface area (Å²) in [6.45, 7) is 9.13. The fourth-order valence-corrected chi connectivity index (χ4v) is 1.92. The van der Waals surface area contributed by atoms with Crippen LogP contribution in [0, 0.1) is 13.8 Å². The van der Waals surface area contributed by atoms with Gasteiger partial charge in [0.15, 0.2) is 0 Å². The fraction of sp³-hybridized carbons (Fsp3) is 0.533. The molecule has 2 N–H and O–H groups in total. The van der Waals surface area contributed by atoms with Crippen molar-refractivity contribution >= 4 is 5.91 Å².